The number of pyridine rings is 1. The van der Waals surface area contributed by atoms with Gasteiger partial charge in [0.2, 0.25) is 0 Å². The number of hydrogen-bond acceptors (Lipinski definition) is 7. The first-order valence-electron chi connectivity index (χ1n) is 7.74. The Morgan fingerprint density at radius 3 is 2.96 bits per heavy atom. The lowest BCUT2D eigenvalue weighted by molar-refractivity contribution is 0.171. The van der Waals surface area contributed by atoms with E-state index >= 15 is 0 Å². The van der Waals surface area contributed by atoms with Gasteiger partial charge in [0, 0.05) is 55.5 Å². The van der Waals surface area contributed by atoms with E-state index in [2.05, 4.69) is 31.1 Å². The molecule has 0 bridgehead atoms. The Balaban J connectivity index is 1.64. The van der Waals surface area contributed by atoms with Crippen molar-refractivity contribution in [2.24, 2.45) is 0 Å². The summed E-state index contributed by atoms with van der Waals surface area (Å²) in [5, 5.41) is 3.39. The van der Waals surface area contributed by atoms with Crippen molar-refractivity contribution >= 4 is 5.82 Å². The van der Waals surface area contributed by atoms with Crippen molar-refractivity contribution in [2.75, 3.05) is 25.6 Å². The first-order chi connectivity index (χ1) is 11.2. The summed E-state index contributed by atoms with van der Waals surface area (Å²) in [5.41, 5.74) is 8.36. The van der Waals surface area contributed by atoms with E-state index in [4.69, 9.17) is 4.74 Å². The van der Waals surface area contributed by atoms with Gasteiger partial charge in [-0.05, 0) is 25.5 Å². The fourth-order valence-electron chi connectivity index (χ4n) is 2.65. The van der Waals surface area contributed by atoms with Gasteiger partial charge in [-0.2, -0.15) is 0 Å². The van der Waals surface area contributed by atoms with E-state index in [9.17, 15) is 0 Å². The van der Waals surface area contributed by atoms with Crippen molar-refractivity contribution in [1.29, 1.82) is 0 Å². The molecule has 0 amide bonds. The summed E-state index contributed by atoms with van der Waals surface area (Å²) in [4.78, 5) is 13.2. The van der Waals surface area contributed by atoms with E-state index in [0.717, 1.165) is 30.0 Å². The van der Waals surface area contributed by atoms with Crippen LogP contribution in [0.5, 0.6) is 0 Å². The van der Waals surface area contributed by atoms with Crippen molar-refractivity contribution < 1.29 is 4.74 Å². The van der Waals surface area contributed by atoms with E-state index < -0.39 is 0 Å². The number of ether oxygens (including phenoxy) is 1. The fraction of sp³-hybridized carbons (Fsp3) is 0.438. The zero-order chi connectivity index (χ0) is 16.1. The van der Waals surface area contributed by atoms with Gasteiger partial charge >= 0.3 is 0 Å². The standard InChI is InChI=1S/C16H22N6O/c1-11-6-15(18-9-13-7-14(10-23-2)22-21-13)20-16(19-11)12-4-3-5-17-8-12/h3-6,8,13-14,21-22H,7,9-10H2,1-2H3,(H,18,19,20). The lowest BCUT2D eigenvalue weighted by Gasteiger charge is -2.12. The predicted octanol–water partition coefficient (Wildman–Crippen LogP) is 1.14. The predicted molar refractivity (Wildman–Crippen MR) is 88.8 cm³/mol. The summed E-state index contributed by atoms with van der Waals surface area (Å²) in [6, 6.07) is 6.49. The molecule has 0 aliphatic carbocycles. The van der Waals surface area contributed by atoms with Gasteiger partial charge in [-0.3, -0.25) is 15.8 Å². The number of hydrazine groups is 1. The summed E-state index contributed by atoms with van der Waals surface area (Å²) in [6.07, 6.45) is 4.53. The first kappa shape index (κ1) is 15.8. The monoisotopic (exact) mass is 314 g/mol. The van der Waals surface area contributed by atoms with Crippen molar-refractivity contribution in [3.8, 4) is 11.4 Å². The molecule has 7 nitrogen and oxygen atoms in total. The van der Waals surface area contributed by atoms with Gasteiger partial charge in [0.15, 0.2) is 5.82 Å². The average molecular weight is 314 g/mol. The second-order valence-electron chi connectivity index (χ2n) is 5.71. The summed E-state index contributed by atoms with van der Waals surface area (Å²) in [5.74, 6) is 1.52. The molecule has 23 heavy (non-hydrogen) atoms. The van der Waals surface area contributed by atoms with Crippen molar-refractivity contribution in [2.45, 2.75) is 25.4 Å². The minimum Gasteiger partial charge on any atom is -0.383 e. The van der Waals surface area contributed by atoms with E-state index in [1.165, 1.54) is 0 Å². The molecule has 2 aromatic rings. The number of methoxy groups -OCH3 is 1. The highest BCUT2D eigenvalue weighted by Crippen LogP contribution is 2.17. The van der Waals surface area contributed by atoms with Gasteiger partial charge in [-0.15, -0.1) is 0 Å². The van der Waals surface area contributed by atoms with Gasteiger partial charge in [0.25, 0.3) is 0 Å². The average Bonchev–Trinajstić information content (AvgIpc) is 3.01. The maximum atomic E-state index is 5.17. The van der Waals surface area contributed by atoms with Crippen LogP contribution in [0.3, 0.4) is 0 Å². The second kappa shape index (κ2) is 7.45. The molecule has 1 saturated heterocycles. The summed E-state index contributed by atoms with van der Waals surface area (Å²) in [6.45, 7) is 3.47. The van der Waals surface area contributed by atoms with Crippen LogP contribution in [0, 0.1) is 6.92 Å². The van der Waals surface area contributed by atoms with Crippen molar-refractivity contribution in [3.05, 3.63) is 36.3 Å². The third-order valence-electron chi connectivity index (χ3n) is 3.73. The Kier molecular flexibility index (Phi) is 5.12. The Morgan fingerprint density at radius 2 is 2.17 bits per heavy atom. The third kappa shape index (κ3) is 4.22. The summed E-state index contributed by atoms with van der Waals surface area (Å²) in [7, 11) is 1.72. The largest absolute Gasteiger partial charge is 0.383 e. The molecule has 3 rings (SSSR count). The maximum Gasteiger partial charge on any atom is 0.163 e. The number of aryl methyl sites for hydroxylation is 1. The lowest BCUT2D eigenvalue weighted by Crippen LogP contribution is -2.37. The minimum atomic E-state index is 0.340. The van der Waals surface area contributed by atoms with Crippen molar-refractivity contribution in [1.82, 2.24) is 25.8 Å². The van der Waals surface area contributed by atoms with E-state index in [1.54, 1.807) is 19.5 Å². The van der Waals surface area contributed by atoms with Crippen molar-refractivity contribution in [3.63, 3.8) is 0 Å². The summed E-state index contributed by atoms with van der Waals surface area (Å²) >= 11 is 0. The smallest absolute Gasteiger partial charge is 0.163 e. The van der Waals surface area contributed by atoms with E-state index in [0.29, 0.717) is 24.5 Å². The van der Waals surface area contributed by atoms with Crippen LogP contribution >= 0.6 is 0 Å². The Morgan fingerprint density at radius 1 is 1.30 bits per heavy atom. The zero-order valence-corrected chi connectivity index (χ0v) is 13.4. The van der Waals surface area contributed by atoms with Crippen LogP contribution in [-0.4, -0.2) is 47.3 Å². The van der Waals surface area contributed by atoms with Gasteiger partial charge in [0.05, 0.1) is 6.61 Å². The number of nitrogens with zero attached hydrogens (tertiary/aromatic N) is 3. The van der Waals surface area contributed by atoms with Gasteiger partial charge in [0.1, 0.15) is 5.82 Å². The first-order valence-corrected chi connectivity index (χ1v) is 7.74. The fourth-order valence-corrected chi connectivity index (χ4v) is 2.65. The number of nitrogens with one attached hydrogen (secondary N) is 3. The molecule has 7 heteroatoms. The minimum absolute atomic E-state index is 0.340. The van der Waals surface area contributed by atoms with E-state index in [-0.39, 0.29) is 0 Å². The number of anilines is 1. The molecule has 1 fully saturated rings. The highest BCUT2D eigenvalue weighted by Gasteiger charge is 2.23. The quantitative estimate of drug-likeness (QED) is 0.737. The second-order valence-corrected chi connectivity index (χ2v) is 5.71. The number of aromatic nitrogens is 3. The normalized spacial score (nSPS) is 20.6. The van der Waals surface area contributed by atoms with Crippen LogP contribution in [-0.2, 0) is 4.74 Å². The molecule has 1 aliphatic rings. The molecule has 0 aromatic carbocycles. The molecule has 1 aliphatic heterocycles. The Hall–Kier alpha value is -2.09. The highest BCUT2D eigenvalue weighted by molar-refractivity contribution is 5.56. The van der Waals surface area contributed by atoms with Crippen LogP contribution in [0.25, 0.3) is 11.4 Å². The number of rotatable bonds is 6. The molecule has 0 radical (unpaired) electrons. The molecule has 3 N–H and O–H groups in total. The molecule has 0 saturated carbocycles. The molecular weight excluding hydrogens is 292 g/mol. The van der Waals surface area contributed by atoms with Crippen LogP contribution < -0.4 is 16.2 Å². The third-order valence-corrected chi connectivity index (χ3v) is 3.73. The molecule has 2 unspecified atom stereocenters. The Bertz CT molecular complexity index is 636. The molecular formula is C16H22N6O. The molecule has 2 atom stereocenters. The van der Waals surface area contributed by atoms with Crippen LogP contribution in [0.2, 0.25) is 0 Å². The van der Waals surface area contributed by atoms with E-state index in [1.807, 2.05) is 25.1 Å². The molecule has 122 valence electrons. The van der Waals surface area contributed by atoms with Gasteiger partial charge in [-0.1, -0.05) is 0 Å². The molecule has 3 heterocycles. The number of hydrogen-bond donors (Lipinski definition) is 3. The maximum absolute atomic E-state index is 5.17. The van der Waals surface area contributed by atoms with Gasteiger partial charge < -0.3 is 10.1 Å². The highest BCUT2D eigenvalue weighted by atomic mass is 16.5. The van der Waals surface area contributed by atoms with Crippen LogP contribution in [0.4, 0.5) is 5.82 Å². The molecule has 2 aromatic heterocycles. The van der Waals surface area contributed by atoms with Crippen LogP contribution in [0.1, 0.15) is 12.1 Å². The Labute approximate surface area is 135 Å². The topological polar surface area (TPSA) is 84.0 Å². The molecule has 0 spiro atoms. The SMILES string of the molecule is COCC1CC(CNc2cc(C)nc(-c3cccnc3)n2)NN1. The zero-order valence-electron chi connectivity index (χ0n) is 13.4. The van der Waals surface area contributed by atoms with Crippen LogP contribution in [0.15, 0.2) is 30.6 Å². The summed E-state index contributed by atoms with van der Waals surface area (Å²) < 4.78 is 5.17. The lowest BCUT2D eigenvalue weighted by atomic mass is 10.1. The van der Waals surface area contributed by atoms with Gasteiger partial charge in [-0.25, -0.2) is 9.97 Å².